The van der Waals surface area contributed by atoms with Crippen molar-refractivity contribution >= 4 is 11.6 Å². The molecule has 0 atom stereocenters. The smallest absolute Gasteiger partial charge is 0.226 e. The Morgan fingerprint density at radius 1 is 1.26 bits per heavy atom. The van der Waals surface area contributed by atoms with Gasteiger partial charge in [-0.1, -0.05) is 6.07 Å². The Morgan fingerprint density at radius 2 is 2.16 bits per heavy atom. The first-order valence-corrected chi connectivity index (χ1v) is 6.10. The summed E-state index contributed by atoms with van der Waals surface area (Å²) in [5.41, 5.74) is 7.95. The lowest BCUT2D eigenvalue weighted by Gasteiger charge is -2.05. The Balaban J connectivity index is 1.74. The molecule has 2 aromatic heterocycles. The van der Waals surface area contributed by atoms with Gasteiger partial charge in [0.05, 0.1) is 18.3 Å². The van der Waals surface area contributed by atoms with E-state index in [0.29, 0.717) is 17.9 Å². The van der Waals surface area contributed by atoms with Crippen molar-refractivity contribution in [2.75, 3.05) is 12.3 Å². The van der Waals surface area contributed by atoms with Crippen LogP contribution in [0.2, 0.25) is 0 Å². The van der Waals surface area contributed by atoms with Gasteiger partial charge in [0, 0.05) is 24.6 Å². The van der Waals surface area contributed by atoms with E-state index in [-0.39, 0.29) is 12.3 Å². The highest BCUT2D eigenvalue weighted by atomic mass is 16.1. The molecule has 5 nitrogen and oxygen atoms in total. The van der Waals surface area contributed by atoms with E-state index in [1.807, 2.05) is 12.1 Å². The van der Waals surface area contributed by atoms with Crippen LogP contribution in [0.1, 0.15) is 11.3 Å². The van der Waals surface area contributed by atoms with Crippen molar-refractivity contribution in [3.63, 3.8) is 0 Å². The normalized spacial score (nSPS) is 10.1. The van der Waals surface area contributed by atoms with Crippen LogP contribution in [-0.2, 0) is 17.6 Å². The highest BCUT2D eigenvalue weighted by Crippen LogP contribution is 2.01. The second kappa shape index (κ2) is 6.49. The molecular weight excluding hydrogens is 240 g/mol. The third-order valence-corrected chi connectivity index (χ3v) is 2.65. The molecule has 0 saturated heterocycles. The largest absolute Gasteiger partial charge is 0.397 e. The van der Waals surface area contributed by atoms with E-state index in [4.69, 9.17) is 5.73 Å². The SMILES string of the molecule is Nc1ccc(CC(=O)NCCc2cccnc2)nc1. The Labute approximate surface area is 111 Å². The van der Waals surface area contributed by atoms with Crippen molar-refractivity contribution in [2.24, 2.45) is 0 Å². The molecule has 0 aliphatic heterocycles. The van der Waals surface area contributed by atoms with Gasteiger partial charge in [0.15, 0.2) is 0 Å². The summed E-state index contributed by atoms with van der Waals surface area (Å²) in [6, 6.07) is 7.37. The number of amides is 1. The summed E-state index contributed by atoms with van der Waals surface area (Å²) in [5.74, 6) is -0.0406. The fraction of sp³-hybridized carbons (Fsp3) is 0.214. The molecule has 0 aromatic carbocycles. The zero-order chi connectivity index (χ0) is 13.5. The lowest BCUT2D eigenvalue weighted by Crippen LogP contribution is -2.27. The summed E-state index contributed by atoms with van der Waals surface area (Å²) in [6.45, 7) is 0.597. The van der Waals surface area contributed by atoms with Gasteiger partial charge in [-0.2, -0.15) is 0 Å². The van der Waals surface area contributed by atoms with Crippen molar-refractivity contribution in [2.45, 2.75) is 12.8 Å². The number of aromatic nitrogens is 2. The summed E-state index contributed by atoms with van der Waals surface area (Å²) < 4.78 is 0. The quantitative estimate of drug-likeness (QED) is 0.835. The monoisotopic (exact) mass is 256 g/mol. The number of nitrogens with two attached hydrogens (primary N) is 1. The average Bonchev–Trinajstić information content (AvgIpc) is 2.43. The van der Waals surface area contributed by atoms with Crippen molar-refractivity contribution in [1.29, 1.82) is 0 Å². The Bertz CT molecular complexity index is 525. The van der Waals surface area contributed by atoms with Gasteiger partial charge < -0.3 is 11.1 Å². The Kier molecular flexibility index (Phi) is 4.44. The van der Waals surface area contributed by atoms with Gasteiger partial charge in [-0.3, -0.25) is 14.8 Å². The third-order valence-electron chi connectivity index (χ3n) is 2.65. The fourth-order valence-electron chi connectivity index (χ4n) is 1.66. The number of carbonyl (C=O) groups is 1. The van der Waals surface area contributed by atoms with E-state index < -0.39 is 0 Å². The molecule has 0 fully saturated rings. The van der Waals surface area contributed by atoms with Gasteiger partial charge in [0.25, 0.3) is 0 Å². The summed E-state index contributed by atoms with van der Waals surface area (Å²) in [6.07, 6.45) is 6.13. The lowest BCUT2D eigenvalue weighted by molar-refractivity contribution is -0.120. The Hall–Kier alpha value is -2.43. The summed E-state index contributed by atoms with van der Waals surface area (Å²) in [7, 11) is 0. The van der Waals surface area contributed by atoms with Gasteiger partial charge >= 0.3 is 0 Å². The minimum Gasteiger partial charge on any atom is -0.397 e. The molecule has 19 heavy (non-hydrogen) atoms. The van der Waals surface area contributed by atoms with Crippen LogP contribution >= 0.6 is 0 Å². The molecule has 5 heteroatoms. The highest BCUT2D eigenvalue weighted by Gasteiger charge is 2.03. The molecule has 0 radical (unpaired) electrons. The second-order valence-electron chi connectivity index (χ2n) is 4.22. The molecular formula is C14H16N4O. The summed E-state index contributed by atoms with van der Waals surface area (Å²) >= 11 is 0. The maximum atomic E-state index is 11.7. The van der Waals surface area contributed by atoms with Gasteiger partial charge in [-0.15, -0.1) is 0 Å². The van der Waals surface area contributed by atoms with E-state index in [2.05, 4.69) is 15.3 Å². The average molecular weight is 256 g/mol. The predicted octanol–water partition coefficient (Wildman–Crippen LogP) is 0.960. The number of carbonyl (C=O) groups excluding carboxylic acids is 1. The molecule has 0 saturated carbocycles. The minimum atomic E-state index is -0.0406. The van der Waals surface area contributed by atoms with Crippen LogP contribution in [0.4, 0.5) is 5.69 Å². The molecule has 1 amide bonds. The molecule has 0 aliphatic rings. The molecule has 0 unspecified atom stereocenters. The number of anilines is 1. The molecule has 0 bridgehead atoms. The number of hydrogen-bond acceptors (Lipinski definition) is 4. The first-order valence-electron chi connectivity index (χ1n) is 6.10. The zero-order valence-corrected chi connectivity index (χ0v) is 10.5. The number of nitrogens with one attached hydrogen (secondary N) is 1. The van der Waals surface area contributed by atoms with E-state index in [0.717, 1.165) is 12.0 Å². The molecule has 0 spiro atoms. The summed E-state index contributed by atoms with van der Waals surface area (Å²) in [4.78, 5) is 19.8. The van der Waals surface area contributed by atoms with Gasteiger partial charge in [-0.05, 0) is 30.2 Å². The van der Waals surface area contributed by atoms with Gasteiger partial charge in [-0.25, -0.2) is 0 Å². The molecule has 98 valence electrons. The summed E-state index contributed by atoms with van der Waals surface area (Å²) in [5, 5.41) is 2.86. The molecule has 2 rings (SSSR count). The first kappa shape index (κ1) is 13.0. The second-order valence-corrected chi connectivity index (χ2v) is 4.22. The maximum Gasteiger partial charge on any atom is 0.226 e. The number of nitrogen functional groups attached to an aromatic ring is 1. The van der Waals surface area contributed by atoms with Crippen molar-refractivity contribution in [3.05, 3.63) is 54.1 Å². The molecule has 3 N–H and O–H groups in total. The Morgan fingerprint density at radius 3 is 2.84 bits per heavy atom. The number of rotatable bonds is 5. The van der Waals surface area contributed by atoms with E-state index in [1.165, 1.54) is 0 Å². The maximum absolute atomic E-state index is 11.7. The fourth-order valence-corrected chi connectivity index (χ4v) is 1.66. The van der Waals surface area contributed by atoms with Crippen LogP contribution in [-0.4, -0.2) is 22.4 Å². The number of nitrogens with zero attached hydrogens (tertiary/aromatic N) is 2. The topological polar surface area (TPSA) is 80.9 Å². The van der Waals surface area contributed by atoms with E-state index in [1.54, 1.807) is 30.7 Å². The van der Waals surface area contributed by atoms with Gasteiger partial charge in [0.2, 0.25) is 5.91 Å². The van der Waals surface area contributed by atoms with Gasteiger partial charge in [0.1, 0.15) is 0 Å². The highest BCUT2D eigenvalue weighted by molar-refractivity contribution is 5.78. The van der Waals surface area contributed by atoms with Crippen LogP contribution < -0.4 is 11.1 Å². The minimum absolute atomic E-state index is 0.0406. The standard InChI is InChI=1S/C14H16N4O/c15-12-3-4-13(18-10-12)8-14(19)17-7-5-11-2-1-6-16-9-11/h1-4,6,9-10H,5,7-8,15H2,(H,17,19). The van der Waals surface area contributed by atoms with E-state index in [9.17, 15) is 4.79 Å². The third kappa shape index (κ3) is 4.39. The molecule has 2 aromatic rings. The molecule has 2 heterocycles. The van der Waals surface area contributed by atoms with Crippen LogP contribution in [0.25, 0.3) is 0 Å². The van der Waals surface area contributed by atoms with Crippen LogP contribution in [0.5, 0.6) is 0 Å². The van der Waals surface area contributed by atoms with Crippen LogP contribution in [0.3, 0.4) is 0 Å². The van der Waals surface area contributed by atoms with E-state index >= 15 is 0 Å². The zero-order valence-electron chi connectivity index (χ0n) is 10.5. The van der Waals surface area contributed by atoms with Crippen LogP contribution in [0.15, 0.2) is 42.9 Å². The van der Waals surface area contributed by atoms with Crippen molar-refractivity contribution < 1.29 is 4.79 Å². The first-order chi connectivity index (χ1) is 9.24. The lowest BCUT2D eigenvalue weighted by atomic mass is 10.2. The number of hydrogen-bond donors (Lipinski definition) is 2. The number of pyridine rings is 2. The predicted molar refractivity (Wildman–Crippen MR) is 73.3 cm³/mol. The van der Waals surface area contributed by atoms with Crippen molar-refractivity contribution in [3.8, 4) is 0 Å². The van der Waals surface area contributed by atoms with Crippen LogP contribution in [0, 0.1) is 0 Å². The van der Waals surface area contributed by atoms with Crippen molar-refractivity contribution in [1.82, 2.24) is 15.3 Å². The molecule has 0 aliphatic carbocycles.